The van der Waals surface area contributed by atoms with E-state index in [1.165, 1.54) is 32.1 Å². The standard InChI is InChI=1S/C15H24/c1-10-11-6-7-12-13(11)14(2,3)8-5-9-15(10,12)4/h11-13H,1,5-9H2,2-4H3/t11-,12+,13+,15-/m1/s1. The van der Waals surface area contributed by atoms with Crippen LogP contribution in [0.25, 0.3) is 0 Å². The lowest BCUT2D eigenvalue weighted by Crippen LogP contribution is -2.28. The second kappa shape index (κ2) is 2.70. The van der Waals surface area contributed by atoms with Crippen molar-refractivity contribution in [2.75, 3.05) is 0 Å². The van der Waals surface area contributed by atoms with Crippen LogP contribution in [0.15, 0.2) is 12.2 Å². The molecule has 0 N–H and O–H groups in total. The Kier molecular flexibility index (Phi) is 1.79. The number of rotatable bonds is 0. The molecule has 3 saturated carbocycles. The van der Waals surface area contributed by atoms with Crippen LogP contribution in [0.1, 0.15) is 52.9 Å². The Morgan fingerprint density at radius 2 is 1.87 bits per heavy atom. The Balaban J connectivity index is 2.10. The van der Waals surface area contributed by atoms with Gasteiger partial charge in [0.2, 0.25) is 0 Å². The number of hydrogen-bond acceptors (Lipinski definition) is 0. The summed E-state index contributed by atoms with van der Waals surface area (Å²) in [5.74, 6) is 2.79. The minimum absolute atomic E-state index is 0.515. The first kappa shape index (κ1) is 9.93. The minimum atomic E-state index is 0.515. The van der Waals surface area contributed by atoms with E-state index in [4.69, 9.17) is 0 Å². The van der Waals surface area contributed by atoms with Crippen molar-refractivity contribution in [3.05, 3.63) is 12.2 Å². The molecule has 0 aromatic rings. The predicted molar refractivity (Wildman–Crippen MR) is 64.6 cm³/mol. The summed E-state index contributed by atoms with van der Waals surface area (Å²) in [7, 11) is 0. The fourth-order valence-corrected chi connectivity index (χ4v) is 5.28. The normalized spacial score (nSPS) is 51.9. The van der Waals surface area contributed by atoms with E-state index in [1.807, 2.05) is 0 Å². The molecule has 0 spiro atoms. The lowest BCUT2D eigenvalue weighted by molar-refractivity contribution is 0.141. The summed E-state index contributed by atoms with van der Waals surface area (Å²) in [6.07, 6.45) is 7.18. The monoisotopic (exact) mass is 204 g/mol. The topological polar surface area (TPSA) is 0 Å². The highest BCUT2D eigenvalue weighted by molar-refractivity contribution is 5.29. The molecule has 3 aliphatic carbocycles. The summed E-state index contributed by atoms with van der Waals surface area (Å²) >= 11 is 0. The zero-order valence-electron chi connectivity index (χ0n) is 10.5. The number of hydrogen-bond donors (Lipinski definition) is 0. The van der Waals surface area contributed by atoms with Crippen LogP contribution in [0.5, 0.6) is 0 Å². The fourth-order valence-electron chi connectivity index (χ4n) is 5.28. The zero-order chi connectivity index (χ0) is 10.8. The molecule has 84 valence electrons. The van der Waals surface area contributed by atoms with Gasteiger partial charge < -0.3 is 0 Å². The van der Waals surface area contributed by atoms with Crippen molar-refractivity contribution >= 4 is 0 Å². The minimum Gasteiger partial charge on any atom is -0.0990 e. The van der Waals surface area contributed by atoms with E-state index in [-0.39, 0.29) is 0 Å². The highest BCUT2D eigenvalue weighted by Crippen LogP contribution is 2.70. The van der Waals surface area contributed by atoms with Crippen LogP contribution < -0.4 is 0 Å². The molecule has 0 saturated heterocycles. The molecular weight excluding hydrogens is 180 g/mol. The molecule has 3 aliphatic rings. The van der Waals surface area contributed by atoms with Gasteiger partial charge >= 0.3 is 0 Å². The SMILES string of the molecule is C=C1[C@H]2CC[C@H]3[C@H]2C(C)(C)CCC[C@]13C. The average Bonchev–Trinajstić information content (AvgIpc) is 2.63. The Morgan fingerprint density at radius 3 is 2.60 bits per heavy atom. The third kappa shape index (κ3) is 1.04. The molecule has 0 unspecified atom stereocenters. The zero-order valence-corrected chi connectivity index (χ0v) is 10.5. The molecule has 15 heavy (non-hydrogen) atoms. The van der Waals surface area contributed by atoms with Gasteiger partial charge in [0.25, 0.3) is 0 Å². The van der Waals surface area contributed by atoms with Crippen LogP contribution >= 0.6 is 0 Å². The van der Waals surface area contributed by atoms with Crippen molar-refractivity contribution in [2.24, 2.45) is 28.6 Å². The van der Waals surface area contributed by atoms with Crippen molar-refractivity contribution < 1.29 is 0 Å². The molecule has 4 atom stereocenters. The van der Waals surface area contributed by atoms with E-state index in [9.17, 15) is 0 Å². The highest BCUT2D eigenvalue weighted by Gasteiger charge is 2.61. The molecule has 0 aromatic heterocycles. The molecule has 0 heteroatoms. The van der Waals surface area contributed by atoms with Gasteiger partial charge in [0, 0.05) is 0 Å². The van der Waals surface area contributed by atoms with Crippen molar-refractivity contribution in [3.63, 3.8) is 0 Å². The van der Waals surface area contributed by atoms with Crippen molar-refractivity contribution in [2.45, 2.75) is 52.9 Å². The third-order valence-electron chi connectivity index (χ3n) is 6.07. The van der Waals surface area contributed by atoms with Gasteiger partial charge in [0.15, 0.2) is 0 Å². The van der Waals surface area contributed by atoms with E-state index < -0.39 is 0 Å². The molecule has 0 amide bonds. The quantitative estimate of drug-likeness (QED) is 0.513. The molecule has 4 bridgehead atoms. The summed E-state index contributed by atoms with van der Waals surface area (Å²) in [5, 5.41) is 0. The van der Waals surface area contributed by atoms with Crippen LogP contribution in [-0.4, -0.2) is 0 Å². The van der Waals surface area contributed by atoms with Crippen LogP contribution in [0, 0.1) is 28.6 Å². The van der Waals surface area contributed by atoms with E-state index in [0.717, 1.165) is 17.8 Å². The van der Waals surface area contributed by atoms with Gasteiger partial charge in [-0.05, 0) is 54.3 Å². The van der Waals surface area contributed by atoms with Gasteiger partial charge in [0.05, 0.1) is 0 Å². The fraction of sp³-hybridized carbons (Fsp3) is 0.867. The maximum atomic E-state index is 4.46. The summed E-state index contributed by atoms with van der Waals surface area (Å²) < 4.78 is 0. The third-order valence-corrected chi connectivity index (χ3v) is 6.07. The Bertz CT molecular complexity index is 312. The second-order valence-corrected chi connectivity index (χ2v) is 7.10. The second-order valence-electron chi connectivity index (χ2n) is 7.10. The van der Waals surface area contributed by atoms with E-state index in [2.05, 4.69) is 27.4 Å². The first-order chi connectivity index (χ1) is 6.97. The van der Waals surface area contributed by atoms with E-state index in [1.54, 1.807) is 5.57 Å². The number of allylic oxidation sites excluding steroid dienone is 1. The maximum absolute atomic E-state index is 4.46. The smallest absolute Gasteiger partial charge is 0.00849 e. The molecule has 0 radical (unpaired) electrons. The molecule has 3 fully saturated rings. The van der Waals surface area contributed by atoms with Crippen LogP contribution in [-0.2, 0) is 0 Å². The summed E-state index contributed by atoms with van der Waals surface area (Å²) in [6, 6.07) is 0. The summed E-state index contributed by atoms with van der Waals surface area (Å²) in [5.41, 5.74) is 2.71. The van der Waals surface area contributed by atoms with E-state index in [0.29, 0.717) is 10.8 Å². The molecule has 0 nitrogen and oxygen atoms in total. The van der Waals surface area contributed by atoms with Gasteiger partial charge in [-0.25, -0.2) is 0 Å². The van der Waals surface area contributed by atoms with Crippen LogP contribution in [0.4, 0.5) is 0 Å². The summed E-state index contributed by atoms with van der Waals surface area (Å²) in [4.78, 5) is 0. The lowest BCUT2D eigenvalue weighted by Gasteiger charge is -2.35. The molecule has 0 heterocycles. The maximum Gasteiger partial charge on any atom is -0.00849 e. The van der Waals surface area contributed by atoms with Gasteiger partial charge in [0.1, 0.15) is 0 Å². The molecule has 0 aliphatic heterocycles. The highest BCUT2D eigenvalue weighted by atomic mass is 14.7. The van der Waals surface area contributed by atoms with Gasteiger partial charge in [-0.15, -0.1) is 0 Å². The first-order valence-corrected chi connectivity index (χ1v) is 6.66. The van der Waals surface area contributed by atoms with Gasteiger partial charge in [-0.1, -0.05) is 39.3 Å². The molecular formula is C15H24. The first-order valence-electron chi connectivity index (χ1n) is 6.66. The van der Waals surface area contributed by atoms with Crippen LogP contribution in [0.3, 0.4) is 0 Å². The van der Waals surface area contributed by atoms with Crippen LogP contribution in [0.2, 0.25) is 0 Å². The lowest BCUT2D eigenvalue weighted by atomic mass is 9.69. The van der Waals surface area contributed by atoms with Gasteiger partial charge in [-0.3, -0.25) is 0 Å². The largest absolute Gasteiger partial charge is 0.0990 e. The van der Waals surface area contributed by atoms with Crippen molar-refractivity contribution in [3.8, 4) is 0 Å². The Morgan fingerprint density at radius 1 is 1.13 bits per heavy atom. The Hall–Kier alpha value is -0.260. The summed E-state index contributed by atoms with van der Waals surface area (Å²) in [6.45, 7) is 12.0. The average molecular weight is 204 g/mol. The predicted octanol–water partition coefficient (Wildman–Crippen LogP) is 4.42. The van der Waals surface area contributed by atoms with Gasteiger partial charge in [-0.2, -0.15) is 0 Å². The Labute approximate surface area is 94.1 Å². The molecule has 3 rings (SSSR count). The van der Waals surface area contributed by atoms with Crippen molar-refractivity contribution in [1.82, 2.24) is 0 Å². The van der Waals surface area contributed by atoms with Crippen molar-refractivity contribution in [1.29, 1.82) is 0 Å². The van der Waals surface area contributed by atoms with E-state index >= 15 is 0 Å². The molecule has 0 aromatic carbocycles.